The lowest BCUT2D eigenvalue weighted by molar-refractivity contribution is 0.0763. The monoisotopic (exact) mass is 552 g/mol. The van der Waals surface area contributed by atoms with E-state index >= 15 is 0 Å². The molecule has 3 heterocycles. The lowest BCUT2D eigenvalue weighted by Crippen LogP contribution is -2.37. The van der Waals surface area contributed by atoms with Crippen molar-refractivity contribution in [2.45, 2.75) is 45.2 Å². The number of aromatic nitrogens is 3. The van der Waals surface area contributed by atoms with Gasteiger partial charge in [0.2, 0.25) is 0 Å². The quantitative estimate of drug-likeness (QED) is 0.336. The summed E-state index contributed by atoms with van der Waals surface area (Å²) in [7, 11) is 1.53. The molecule has 41 heavy (non-hydrogen) atoms. The van der Waals surface area contributed by atoms with E-state index in [1.54, 1.807) is 0 Å². The van der Waals surface area contributed by atoms with Crippen LogP contribution < -0.4 is 10.2 Å². The van der Waals surface area contributed by atoms with Gasteiger partial charge in [-0.05, 0) is 23.6 Å². The number of anilines is 1. The van der Waals surface area contributed by atoms with Crippen LogP contribution >= 0.6 is 0 Å². The SMILES string of the molecule is CCCn1nnc2c1-c1ccccc1C(O)N(CC1CC(c3ccc(COC(=O)NC)cc3)=NO1)c1ccccc1-2. The Kier molecular flexibility index (Phi) is 7.39. The molecule has 2 aliphatic heterocycles. The van der Waals surface area contributed by atoms with Gasteiger partial charge in [0.15, 0.2) is 12.3 Å². The van der Waals surface area contributed by atoms with Crippen molar-refractivity contribution in [3.05, 3.63) is 89.5 Å². The second-order valence-corrected chi connectivity index (χ2v) is 10.1. The minimum absolute atomic E-state index is 0.188. The molecule has 2 atom stereocenters. The lowest BCUT2D eigenvalue weighted by atomic mass is 9.94. The molecular formula is C31H32N6O4. The molecule has 2 aliphatic rings. The van der Waals surface area contributed by atoms with Crippen molar-refractivity contribution in [1.82, 2.24) is 20.3 Å². The minimum Gasteiger partial charge on any atom is -0.445 e. The van der Waals surface area contributed by atoms with Crippen molar-refractivity contribution in [2.24, 2.45) is 5.16 Å². The minimum atomic E-state index is -0.919. The number of benzene rings is 3. The van der Waals surface area contributed by atoms with Crippen LogP contribution in [0.3, 0.4) is 0 Å². The molecule has 0 saturated heterocycles. The molecule has 210 valence electrons. The molecule has 10 nitrogen and oxygen atoms in total. The number of nitrogens with one attached hydrogen (secondary N) is 1. The number of hydrogen-bond acceptors (Lipinski definition) is 8. The summed E-state index contributed by atoms with van der Waals surface area (Å²) in [5, 5.41) is 27.8. The number of rotatable bonds is 7. The molecule has 3 aromatic carbocycles. The number of aliphatic hydroxyl groups is 1. The molecule has 0 fully saturated rings. The highest BCUT2D eigenvalue weighted by molar-refractivity contribution is 6.01. The molecule has 4 aromatic rings. The molecule has 2 unspecified atom stereocenters. The number of hydrogen-bond donors (Lipinski definition) is 2. The van der Waals surface area contributed by atoms with Crippen LogP contribution in [0.2, 0.25) is 0 Å². The molecule has 0 aliphatic carbocycles. The molecule has 2 N–H and O–H groups in total. The molecule has 0 spiro atoms. The predicted octanol–water partition coefficient (Wildman–Crippen LogP) is 4.88. The average Bonchev–Trinajstić information content (AvgIpc) is 3.65. The summed E-state index contributed by atoms with van der Waals surface area (Å²) in [6.45, 7) is 3.45. The van der Waals surface area contributed by atoms with Crippen LogP contribution in [-0.4, -0.2) is 51.6 Å². The van der Waals surface area contributed by atoms with Crippen LogP contribution in [0, 0.1) is 0 Å². The fourth-order valence-electron chi connectivity index (χ4n) is 5.42. The average molecular weight is 553 g/mol. The summed E-state index contributed by atoms with van der Waals surface area (Å²) in [5.41, 5.74) is 7.82. The van der Waals surface area contributed by atoms with E-state index in [4.69, 9.17) is 9.57 Å². The smallest absolute Gasteiger partial charge is 0.407 e. The van der Waals surface area contributed by atoms with E-state index in [1.165, 1.54) is 7.05 Å². The Labute approximate surface area is 238 Å². The van der Waals surface area contributed by atoms with Gasteiger partial charge in [-0.2, -0.15) is 0 Å². The van der Waals surface area contributed by atoms with E-state index in [0.29, 0.717) is 13.0 Å². The zero-order chi connectivity index (χ0) is 28.3. The summed E-state index contributed by atoms with van der Waals surface area (Å²) in [5.74, 6) is 0. The van der Waals surface area contributed by atoms with Crippen molar-refractivity contribution < 1.29 is 19.5 Å². The number of carbonyl (C=O) groups is 1. The Balaban J connectivity index is 1.27. The van der Waals surface area contributed by atoms with Crippen LogP contribution in [0.5, 0.6) is 0 Å². The Morgan fingerprint density at radius 1 is 1.07 bits per heavy atom. The van der Waals surface area contributed by atoms with E-state index in [1.807, 2.05) is 82.4 Å². The number of ether oxygens (including phenoxy) is 1. The van der Waals surface area contributed by atoms with E-state index in [9.17, 15) is 9.90 Å². The molecule has 6 rings (SSSR count). The van der Waals surface area contributed by atoms with Gasteiger partial charge in [0.25, 0.3) is 0 Å². The number of amides is 1. The van der Waals surface area contributed by atoms with Gasteiger partial charge in [-0.1, -0.05) is 84.0 Å². The first-order valence-electron chi connectivity index (χ1n) is 13.8. The van der Waals surface area contributed by atoms with Crippen LogP contribution in [0.4, 0.5) is 10.5 Å². The molecule has 10 heteroatoms. The second kappa shape index (κ2) is 11.4. The van der Waals surface area contributed by atoms with Crippen molar-refractivity contribution in [3.63, 3.8) is 0 Å². The zero-order valence-electron chi connectivity index (χ0n) is 23.0. The van der Waals surface area contributed by atoms with Gasteiger partial charge < -0.3 is 24.9 Å². The number of aryl methyl sites for hydroxylation is 1. The third kappa shape index (κ3) is 5.14. The van der Waals surface area contributed by atoms with Crippen LogP contribution in [-0.2, 0) is 22.7 Å². The number of alkyl carbamates (subject to hydrolysis) is 1. The summed E-state index contributed by atoms with van der Waals surface area (Å²) in [4.78, 5) is 19.2. The molecule has 0 saturated carbocycles. The Morgan fingerprint density at radius 3 is 2.61 bits per heavy atom. The summed E-state index contributed by atoms with van der Waals surface area (Å²) < 4.78 is 7.05. The molecule has 1 aromatic heterocycles. The van der Waals surface area contributed by atoms with Crippen LogP contribution in [0.25, 0.3) is 22.5 Å². The first-order valence-corrected chi connectivity index (χ1v) is 13.8. The highest BCUT2D eigenvalue weighted by atomic mass is 16.6. The number of aliphatic hydroxyl groups excluding tert-OH is 1. The van der Waals surface area contributed by atoms with Gasteiger partial charge in [0.05, 0.1) is 18.0 Å². The van der Waals surface area contributed by atoms with Gasteiger partial charge in [-0.3, -0.25) is 0 Å². The van der Waals surface area contributed by atoms with Gasteiger partial charge in [-0.15, -0.1) is 5.10 Å². The van der Waals surface area contributed by atoms with Crippen molar-refractivity contribution in [1.29, 1.82) is 0 Å². The van der Waals surface area contributed by atoms with E-state index in [2.05, 4.69) is 27.7 Å². The fraction of sp³-hybridized carbons (Fsp3) is 0.290. The lowest BCUT2D eigenvalue weighted by Gasteiger charge is -2.35. The summed E-state index contributed by atoms with van der Waals surface area (Å²) >= 11 is 0. The van der Waals surface area contributed by atoms with E-state index in [0.717, 1.165) is 63.6 Å². The number of para-hydroxylation sites is 1. The highest BCUT2D eigenvalue weighted by Crippen LogP contribution is 2.44. The predicted molar refractivity (Wildman–Crippen MR) is 155 cm³/mol. The Hall–Kier alpha value is -4.70. The van der Waals surface area contributed by atoms with E-state index in [-0.39, 0.29) is 12.7 Å². The maximum absolute atomic E-state index is 11.9. The summed E-state index contributed by atoms with van der Waals surface area (Å²) in [6.07, 6.45) is -0.160. The third-order valence-electron chi connectivity index (χ3n) is 7.42. The Morgan fingerprint density at radius 2 is 1.83 bits per heavy atom. The van der Waals surface area contributed by atoms with E-state index < -0.39 is 12.3 Å². The van der Waals surface area contributed by atoms with Gasteiger partial charge in [0, 0.05) is 42.4 Å². The normalized spacial score (nSPS) is 17.3. The zero-order valence-corrected chi connectivity index (χ0v) is 23.0. The van der Waals surface area contributed by atoms with Gasteiger partial charge in [-0.25, -0.2) is 9.48 Å². The summed E-state index contributed by atoms with van der Waals surface area (Å²) in [6, 6.07) is 23.6. The number of oxime groups is 1. The van der Waals surface area contributed by atoms with Crippen molar-refractivity contribution >= 4 is 17.5 Å². The van der Waals surface area contributed by atoms with Crippen LogP contribution in [0.1, 0.15) is 42.7 Å². The maximum atomic E-state index is 11.9. The maximum Gasteiger partial charge on any atom is 0.407 e. The first kappa shape index (κ1) is 26.5. The highest BCUT2D eigenvalue weighted by Gasteiger charge is 2.34. The number of carbonyl (C=O) groups excluding carboxylic acids is 1. The number of fused-ring (bicyclic) bond motifs is 5. The fourth-order valence-corrected chi connectivity index (χ4v) is 5.42. The van der Waals surface area contributed by atoms with Gasteiger partial charge >= 0.3 is 6.09 Å². The van der Waals surface area contributed by atoms with Crippen molar-refractivity contribution in [3.8, 4) is 22.5 Å². The third-order valence-corrected chi connectivity index (χ3v) is 7.42. The molecule has 1 amide bonds. The molecule has 0 radical (unpaired) electrons. The first-order chi connectivity index (χ1) is 20.1. The standard InChI is InChI=1S/C31H32N6O4/c1-3-16-37-29-23-8-4-5-9-24(23)30(38)36(27-11-7-6-10-25(27)28(29)33-35-37)18-22-17-26(34-41-22)21-14-12-20(13-15-21)19-40-31(39)32-2/h4-15,22,30,38H,3,16-19H2,1-2H3,(H,32,39). The molecular weight excluding hydrogens is 520 g/mol. The Bertz CT molecular complexity index is 1580. The molecule has 0 bridgehead atoms. The second-order valence-electron chi connectivity index (χ2n) is 10.1. The largest absolute Gasteiger partial charge is 0.445 e. The van der Waals surface area contributed by atoms with Crippen molar-refractivity contribution in [2.75, 3.05) is 18.5 Å². The van der Waals surface area contributed by atoms with Crippen LogP contribution in [0.15, 0.2) is 78.0 Å². The number of nitrogens with zero attached hydrogens (tertiary/aromatic N) is 5. The van der Waals surface area contributed by atoms with Gasteiger partial charge in [0.1, 0.15) is 12.3 Å². The topological polar surface area (TPSA) is 114 Å².